The molecule has 0 unspecified atom stereocenters. The minimum absolute atomic E-state index is 0.803. The summed E-state index contributed by atoms with van der Waals surface area (Å²) in [6, 6.07) is 33.3. The molecule has 0 aromatic heterocycles. The number of hydrogen-bond acceptors (Lipinski definition) is 1. The second-order valence-electron chi connectivity index (χ2n) is 5.75. The van der Waals surface area contributed by atoms with Crippen molar-refractivity contribution in [1.29, 1.82) is 0 Å². The summed E-state index contributed by atoms with van der Waals surface area (Å²) in [6.45, 7) is 0.862. The second kappa shape index (κ2) is 7.95. The summed E-state index contributed by atoms with van der Waals surface area (Å²) in [5.41, 5.74) is 0. The molecule has 0 fully saturated rings. The molecule has 0 heterocycles. The van der Waals surface area contributed by atoms with Crippen LogP contribution < -0.4 is 10.7 Å². The molecule has 116 valence electrons. The van der Waals surface area contributed by atoms with E-state index in [1.807, 2.05) is 0 Å². The van der Waals surface area contributed by atoms with Gasteiger partial charge in [-0.15, -0.1) is 0 Å². The van der Waals surface area contributed by atoms with E-state index in [1.165, 1.54) is 10.7 Å². The van der Waals surface area contributed by atoms with Crippen molar-refractivity contribution in [2.45, 2.75) is 4.44 Å². The van der Waals surface area contributed by atoms with Gasteiger partial charge in [-0.2, -0.15) is 0 Å². The SMILES string of the molecule is [SiH3]OC[CH2][Sn]([c]1ccccc1)([c]1ccccc1)[c]1ccccc1. The zero-order chi connectivity index (χ0) is 16.0. The van der Waals surface area contributed by atoms with E-state index in [2.05, 4.69) is 91.0 Å². The van der Waals surface area contributed by atoms with Crippen molar-refractivity contribution >= 4 is 39.6 Å². The Bertz CT molecular complexity index is 620. The number of benzene rings is 3. The summed E-state index contributed by atoms with van der Waals surface area (Å²) >= 11 is -3.01. The molecule has 3 heteroatoms. The van der Waals surface area contributed by atoms with Gasteiger partial charge in [-0.3, -0.25) is 0 Å². The van der Waals surface area contributed by atoms with Crippen molar-refractivity contribution in [3.8, 4) is 0 Å². The number of hydrogen-bond donors (Lipinski definition) is 0. The van der Waals surface area contributed by atoms with Gasteiger partial charge in [-0.25, -0.2) is 0 Å². The van der Waals surface area contributed by atoms with Gasteiger partial charge in [-0.05, 0) is 0 Å². The van der Waals surface area contributed by atoms with E-state index in [9.17, 15) is 0 Å². The summed E-state index contributed by atoms with van der Waals surface area (Å²) in [5.74, 6) is 0. The molecule has 23 heavy (non-hydrogen) atoms. The quantitative estimate of drug-likeness (QED) is 0.544. The molecule has 0 aliphatic carbocycles. The molecule has 0 saturated carbocycles. The van der Waals surface area contributed by atoms with Crippen LogP contribution >= 0.6 is 0 Å². The fraction of sp³-hybridized carbons (Fsp3) is 0.100. The van der Waals surface area contributed by atoms with Crippen LogP contribution in [0.15, 0.2) is 91.0 Å². The fourth-order valence-electron chi connectivity index (χ4n) is 3.36. The summed E-state index contributed by atoms with van der Waals surface area (Å²) in [4.78, 5) is 0. The zero-order valence-corrected chi connectivity index (χ0v) is 18.3. The first-order valence-corrected chi connectivity index (χ1v) is 15.1. The van der Waals surface area contributed by atoms with Crippen molar-refractivity contribution in [1.82, 2.24) is 0 Å². The molecule has 0 amide bonds. The van der Waals surface area contributed by atoms with E-state index in [0.29, 0.717) is 0 Å². The Morgan fingerprint density at radius 2 is 0.957 bits per heavy atom. The Morgan fingerprint density at radius 1 is 0.609 bits per heavy atom. The van der Waals surface area contributed by atoms with Crippen LogP contribution in [0.3, 0.4) is 0 Å². The van der Waals surface area contributed by atoms with Crippen LogP contribution in [-0.4, -0.2) is 35.5 Å². The standard InChI is InChI=1S/3C6H5.C2H7OSi.Sn/c3*1-2-4-6-5-3-1;1-2-3-4;/h3*1-5H;1-2H2,4H3;. The van der Waals surface area contributed by atoms with Gasteiger partial charge < -0.3 is 0 Å². The van der Waals surface area contributed by atoms with Crippen LogP contribution in [-0.2, 0) is 4.43 Å². The molecule has 0 aliphatic heterocycles. The molecule has 1 nitrogen and oxygen atoms in total. The van der Waals surface area contributed by atoms with Crippen molar-refractivity contribution in [2.75, 3.05) is 6.61 Å². The van der Waals surface area contributed by atoms with Crippen LogP contribution in [0.25, 0.3) is 0 Å². The third-order valence-electron chi connectivity index (χ3n) is 4.48. The molecule has 3 rings (SSSR count). The van der Waals surface area contributed by atoms with E-state index < -0.39 is 18.4 Å². The third kappa shape index (κ3) is 3.44. The third-order valence-corrected chi connectivity index (χ3v) is 18.9. The predicted molar refractivity (Wildman–Crippen MR) is 105 cm³/mol. The van der Waals surface area contributed by atoms with Crippen LogP contribution in [0.5, 0.6) is 0 Å². The molecule has 0 N–H and O–H groups in total. The Labute approximate surface area is 145 Å². The Kier molecular flexibility index (Phi) is 5.70. The average Bonchev–Trinajstić information content (AvgIpc) is 2.65. The summed E-state index contributed by atoms with van der Waals surface area (Å²) in [5, 5.41) is 0. The van der Waals surface area contributed by atoms with Gasteiger partial charge in [0.1, 0.15) is 0 Å². The topological polar surface area (TPSA) is 9.23 Å². The molecular weight excluding hydrogens is 403 g/mol. The predicted octanol–water partition coefficient (Wildman–Crippen LogP) is 1.45. The van der Waals surface area contributed by atoms with E-state index in [4.69, 9.17) is 4.43 Å². The first kappa shape index (κ1) is 16.5. The number of rotatable bonds is 6. The minimum atomic E-state index is -3.01. The first-order valence-electron chi connectivity index (χ1n) is 8.03. The average molecular weight is 425 g/mol. The van der Waals surface area contributed by atoms with E-state index in [0.717, 1.165) is 21.5 Å². The maximum atomic E-state index is 5.65. The van der Waals surface area contributed by atoms with Gasteiger partial charge in [0.25, 0.3) is 0 Å². The maximum absolute atomic E-state index is 5.65. The van der Waals surface area contributed by atoms with Crippen molar-refractivity contribution in [2.24, 2.45) is 0 Å². The molecule has 0 atom stereocenters. The molecule has 0 spiro atoms. The summed E-state index contributed by atoms with van der Waals surface area (Å²) in [7, 11) is 0.803. The second-order valence-corrected chi connectivity index (χ2v) is 17.9. The Balaban J connectivity index is 2.25. The van der Waals surface area contributed by atoms with Crippen LogP contribution in [0.4, 0.5) is 0 Å². The van der Waals surface area contributed by atoms with Crippen LogP contribution in [0.1, 0.15) is 0 Å². The van der Waals surface area contributed by atoms with E-state index in [1.54, 1.807) is 0 Å². The van der Waals surface area contributed by atoms with Crippen molar-refractivity contribution in [3.05, 3.63) is 91.0 Å². The first-order chi connectivity index (χ1) is 11.4. The molecule has 3 aromatic carbocycles. The van der Waals surface area contributed by atoms with Gasteiger partial charge in [0.2, 0.25) is 0 Å². The van der Waals surface area contributed by atoms with Gasteiger partial charge in [0.15, 0.2) is 0 Å². The van der Waals surface area contributed by atoms with Gasteiger partial charge in [0, 0.05) is 0 Å². The van der Waals surface area contributed by atoms with Gasteiger partial charge in [0.05, 0.1) is 0 Å². The fourth-order valence-corrected chi connectivity index (χ4v) is 18.0. The normalized spacial score (nSPS) is 11.5. The van der Waals surface area contributed by atoms with Crippen molar-refractivity contribution in [3.63, 3.8) is 0 Å². The zero-order valence-electron chi connectivity index (χ0n) is 13.5. The summed E-state index contributed by atoms with van der Waals surface area (Å²) < 4.78 is 11.4. The van der Waals surface area contributed by atoms with Gasteiger partial charge >= 0.3 is 146 Å². The van der Waals surface area contributed by atoms with E-state index in [-0.39, 0.29) is 0 Å². The van der Waals surface area contributed by atoms with Crippen LogP contribution in [0, 0.1) is 0 Å². The molecule has 0 bridgehead atoms. The molecule has 3 aromatic rings. The molecule has 0 aliphatic rings. The molecular formula is C20H22OSiSn. The molecule has 0 radical (unpaired) electrons. The molecule has 0 saturated heterocycles. The van der Waals surface area contributed by atoms with Crippen LogP contribution in [0.2, 0.25) is 4.44 Å². The van der Waals surface area contributed by atoms with Crippen molar-refractivity contribution < 1.29 is 4.43 Å². The van der Waals surface area contributed by atoms with E-state index >= 15 is 0 Å². The van der Waals surface area contributed by atoms with Gasteiger partial charge in [-0.1, -0.05) is 0 Å². The Hall–Kier alpha value is -1.36. The summed E-state index contributed by atoms with van der Waals surface area (Å²) in [6.07, 6.45) is 0. The monoisotopic (exact) mass is 426 g/mol. The Morgan fingerprint density at radius 3 is 1.26 bits per heavy atom.